The van der Waals surface area contributed by atoms with Crippen LogP contribution in [0.25, 0.3) is 0 Å². The number of hydrogen-bond donors (Lipinski definition) is 0. The molecular formula is C29H38N2O5. The molecule has 1 atom stereocenters. The molecule has 194 valence electrons. The number of azo groups is 1. The van der Waals surface area contributed by atoms with E-state index in [1.54, 1.807) is 24.3 Å². The van der Waals surface area contributed by atoms with Crippen molar-refractivity contribution in [2.45, 2.75) is 71.3 Å². The van der Waals surface area contributed by atoms with Gasteiger partial charge in [-0.05, 0) is 74.7 Å². The van der Waals surface area contributed by atoms with E-state index in [-0.39, 0.29) is 18.0 Å². The first-order valence-electron chi connectivity index (χ1n) is 12.8. The second-order valence-corrected chi connectivity index (χ2v) is 8.59. The molecule has 0 aliphatic carbocycles. The lowest BCUT2D eigenvalue weighted by atomic mass is 10.1. The molecular weight excluding hydrogens is 456 g/mol. The van der Waals surface area contributed by atoms with Crippen LogP contribution < -0.4 is 4.74 Å². The van der Waals surface area contributed by atoms with Crippen LogP contribution in [-0.4, -0.2) is 31.3 Å². The van der Waals surface area contributed by atoms with E-state index in [4.69, 9.17) is 14.2 Å². The van der Waals surface area contributed by atoms with Crippen molar-refractivity contribution in [3.8, 4) is 5.75 Å². The van der Waals surface area contributed by atoms with Crippen LogP contribution in [0.2, 0.25) is 0 Å². The van der Waals surface area contributed by atoms with Crippen molar-refractivity contribution in [2.75, 3.05) is 13.2 Å². The predicted octanol–water partition coefficient (Wildman–Crippen LogP) is 7.90. The summed E-state index contributed by atoms with van der Waals surface area (Å²) in [6.07, 6.45) is 9.22. The highest BCUT2D eigenvalue weighted by atomic mass is 16.5. The Morgan fingerprint density at radius 1 is 0.861 bits per heavy atom. The topological polar surface area (TPSA) is 86.5 Å². The fourth-order valence-corrected chi connectivity index (χ4v) is 3.44. The van der Waals surface area contributed by atoms with Crippen LogP contribution >= 0.6 is 0 Å². The molecule has 0 saturated heterocycles. The summed E-state index contributed by atoms with van der Waals surface area (Å²) in [5, 5.41) is 8.49. The van der Waals surface area contributed by atoms with Gasteiger partial charge in [0.2, 0.25) is 0 Å². The minimum atomic E-state index is -0.356. The van der Waals surface area contributed by atoms with E-state index < -0.39 is 0 Å². The summed E-state index contributed by atoms with van der Waals surface area (Å²) in [6.45, 7) is 8.47. The molecule has 0 amide bonds. The number of unbranched alkanes of at least 4 members (excludes halogenated alkanes) is 5. The molecule has 0 aliphatic rings. The van der Waals surface area contributed by atoms with E-state index in [0.29, 0.717) is 24.5 Å². The van der Waals surface area contributed by atoms with Crippen LogP contribution in [0.1, 0.15) is 75.6 Å². The zero-order valence-electron chi connectivity index (χ0n) is 21.5. The maximum atomic E-state index is 12.2. The first-order valence-corrected chi connectivity index (χ1v) is 12.8. The van der Waals surface area contributed by atoms with E-state index in [9.17, 15) is 9.59 Å². The number of carbonyl (C=O) groups is 2. The quantitative estimate of drug-likeness (QED) is 0.0965. The fourth-order valence-electron chi connectivity index (χ4n) is 3.44. The molecule has 0 fully saturated rings. The standard InChI is InChI=1S/C29H38N2O5/c1-4-12-23(3)36-29(33)24-13-15-25(16-14-24)30-31-26-17-19-27(20-18-26)34-21-10-8-6-7-9-11-22-35-28(32)5-2/h5,13-20,23H,2,4,6-12,21-22H2,1,3H3/t23-/m1/s1. The molecule has 2 aromatic rings. The van der Waals surface area contributed by atoms with Crippen molar-refractivity contribution in [1.29, 1.82) is 0 Å². The Balaban J connectivity index is 1.63. The molecule has 0 aliphatic heterocycles. The fraction of sp³-hybridized carbons (Fsp3) is 0.448. The van der Waals surface area contributed by atoms with Gasteiger partial charge in [0.15, 0.2) is 0 Å². The minimum Gasteiger partial charge on any atom is -0.494 e. The van der Waals surface area contributed by atoms with Crippen LogP contribution in [-0.2, 0) is 14.3 Å². The van der Waals surface area contributed by atoms with Gasteiger partial charge in [-0.2, -0.15) is 10.2 Å². The molecule has 0 saturated carbocycles. The van der Waals surface area contributed by atoms with E-state index in [2.05, 4.69) is 23.7 Å². The summed E-state index contributed by atoms with van der Waals surface area (Å²) in [5.41, 5.74) is 1.88. The van der Waals surface area contributed by atoms with E-state index in [1.807, 2.05) is 31.2 Å². The van der Waals surface area contributed by atoms with Crippen molar-refractivity contribution >= 4 is 23.3 Å². The maximum absolute atomic E-state index is 12.2. The molecule has 36 heavy (non-hydrogen) atoms. The third-order valence-electron chi connectivity index (χ3n) is 5.44. The SMILES string of the molecule is C=CC(=O)OCCCCCCCCOc1ccc(N=Nc2ccc(C(=O)O[C@H](C)CCC)cc2)cc1. The molecule has 7 heteroatoms. The summed E-state index contributed by atoms with van der Waals surface area (Å²) in [7, 11) is 0. The average molecular weight is 495 g/mol. The second kappa shape index (κ2) is 17.0. The predicted molar refractivity (Wildman–Crippen MR) is 141 cm³/mol. The maximum Gasteiger partial charge on any atom is 0.338 e. The van der Waals surface area contributed by atoms with E-state index in [1.165, 1.54) is 6.08 Å². The number of ether oxygens (including phenoxy) is 3. The van der Waals surface area contributed by atoms with Gasteiger partial charge in [0.05, 0.1) is 36.3 Å². The van der Waals surface area contributed by atoms with Crippen LogP contribution in [0, 0.1) is 0 Å². The zero-order chi connectivity index (χ0) is 26.0. The van der Waals surface area contributed by atoms with Gasteiger partial charge in [-0.25, -0.2) is 9.59 Å². The van der Waals surface area contributed by atoms with Crippen molar-refractivity contribution in [3.63, 3.8) is 0 Å². The third kappa shape index (κ3) is 11.8. The molecule has 0 unspecified atom stereocenters. The lowest BCUT2D eigenvalue weighted by Gasteiger charge is -2.11. The lowest BCUT2D eigenvalue weighted by Crippen LogP contribution is -2.14. The number of rotatable bonds is 17. The highest BCUT2D eigenvalue weighted by Gasteiger charge is 2.11. The number of esters is 2. The van der Waals surface area contributed by atoms with Crippen molar-refractivity contribution < 1.29 is 23.8 Å². The van der Waals surface area contributed by atoms with Gasteiger partial charge in [-0.15, -0.1) is 0 Å². The highest BCUT2D eigenvalue weighted by molar-refractivity contribution is 5.89. The normalized spacial score (nSPS) is 11.7. The monoisotopic (exact) mass is 494 g/mol. The molecule has 0 radical (unpaired) electrons. The zero-order valence-corrected chi connectivity index (χ0v) is 21.5. The average Bonchev–Trinajstić information content (AvgIpc) is 2.89. The van der Waals surface area contributed by atoms with Gasteiger partial charge in [0.1, 0.15) is 5.75 Å². The smallest absolute Gasteiger partial charge is 0.338 e. The van der Waals surface area contributed by atoms with Gasteiger partial charge in [0, 0.05) is 6.08 Å². The lowest BCUT2D eigenvalue weighted by molar-refractivity contribution is -0.137. The van der Waals surface area contributed by atoms with Crippen molar-refractivity contribution in [2.24, 2.45) is 10.2 Å². The summed E-state index contributed by atoms with van der Waals surface area (Å²) in [5.74, 6) is 0.127. The molecule has 0 N–H and O–H groups in total. The van der Waals surface area contributed by atoms with Crippen LogP contribution in [0.4, 0.5) is 11.4 Å². The Bertz CT molecular complexity index is 955. The number of nitrogens with zero attached hydrogens (tertiary/aromatic N) is 2. The van der Waals surface area contributed by atoms with E-state index in [0.717, 1.165) is 62.8 Å². The van der Waals surface area contributed by atoms with Crippen LogP contribution in [0.3, 0.4) is 0 Å². The molecule has 2 rings (SSSR count). The van der Waals surface area contributed by atoms with Gasteiger partial charge in [0.25, 0.3) is 0 Å². The molecule has 2 aromatic carbocycles. The second-order valence-electron chi connectivity index (χ2n) is 8.59. The van der Waals surface area contributed by atoms with E-state index >= 15 is 0 Å². The highest BCUT2D eigenvalue weighted by Crippen LogP contribution is 2.22. The summed E-state index contributed by atoms with van der Waals surface area (Å²) in [6, 6.07) is 14.4. The van der Waals surface area contributed by atoms with Crippen LogP contribution in [0.15, 0.2) is 71.4 Å². The largest absolute Gasteiger partial charge is 0.494 e. The minimum absolute atomic E-state index is 0.0907. The Labute approximate surface area is 214 Å². The molecule has 0 heterocycles. The summed E-state index contributed by atoms with van der Waals surface area (Å²) >= 11 is 0. The van der Waals surface area contributed by atoms with Gasteiger partial charge in [-0.1, -0.05) is 45.6 Å². The van der Waals surface area contributed by atoms with Crippen molar-refractivity contribution in [3.05, 3.63) is 66.7 Å². The number of carbonyl (C=O) groups excluding carboxylic acids is 2. The van der Waals surface area contributed by atoms with Gasteiger partial charge < -0.3 is 14.2 Å². The number of hydrogen-bond acceptors (Lipinski definition) is 7. The molecule has 7 nitrogen and oxygen atoms in total. The summed E-state index contributed by atoms with van der Waals surface area (Å²) < 4.78 is 16.2. The molecule has 0 aromatic heterocycles. The van der Waals surface area contributed by atoms with Crippen molar-refractivity contribution in [1.82, 2.24) is 0 Å². The number of benzene rings is 2. The summed E-state index contributed by atoms with van der Waals surface area (Å²) in [4.78, 5) is 23.1. The van der Waals surface area contributed by atoms with Gasteiger partial charge in [-0.3, -0.25) is 0 Å². The van der Waals surface area contributed by atoms with Crippen LogP contribution in [0.5, 0.6) is 5.75 Å². The molecule has 0 bridgehead atoms. The Kier molecular flexibility index (Phi) is 13.6. The van der Waals surface area contributed by atoms with Gasteiger partial charge >= 0.3 is 11.9 Å². The Hall–Kier alpha value is -3.48. The Morgan fingerprint density at radius 3 is 2.00 bits per heavy atom. The Morgan fingerprint density at radius 2 is 1.42 bits per heavy atom. The third-order valence-corrected chi connectivity index (χ3v) is 5.44. The first-order chi connectivity index (χ1) is 17.5. The first kappa shape index (κ1) is 28.8. The molecule has 0 spiro atoms.